The summed E-state index contributed by atoms with van der Waals surface area (Å²) in [6.07, 6.45) is 0. The number of hydrogen-bond acceptors (Lipinski definition) is 4. The quantitative estimate of drug-likeness (QED) is 0.550. The number of methoxy groups -OCH3 is 1. The molecule has 2 aromatic rings. The first-order valence-electron chi connectivity index (χ1n) is 6.77. The molecule has 0 bridgehead atoms. The number of hydrazine groups is 1. The van der Waals surface area contributed by atoms with Gasteiger partial charge in [-0.25, -0.2) is 5.43 Å². The molecule has 112 valence electrons. The SMILES string of the molecule is CCOc1c(I)cc(CNNc2ccccc2)cc1OC. The van der Waals surface area contributed by atoms with Crippen LogP contribution in [0.4, 0.5) is 5.69 Å². The third-order valence-corrected chi connectivity index (χ3v) is 3.68. The van der Waals surface area contributed by atoms with Crippen molar-refractivity contribution in [1.29, 1.82) is 0 Å². The highest BCUT2D eigenvalue weighted by molar-refractivity contribution is 14.1. The first-order chi connectivity index (χ1) is 10.2. The minimum Gasteiger partial charge on any atom is -0.493 e. The molecule has 0 radical (unpaired) electrons. The molecule has 2 N–H and O–H groups in total. The molecule has 0 aliphatic rings. The molecule has 0 aliphatic heterocycles. The number of anilines is 1. The first-order valence-corrected chi connectivity index (χ1v) is 7.85. The Bertz CT molecular complexity index is 576. The van der Waals surface area contributed by atoms with Crippen molar-refractivity contribution in [2.75, 3.05) is 19.1 Å². The summed E-state index contributed by atoms with van der Waals surface area (Å²) >= 11 is 2.27. The van der Waals surface area contributed by atoms with Gasteiger partial charge in [0.1, 0.15) is 0 Å². The lowest BCUT2D eigenvalue weighted by atomic mass is 10.2. The van der Waals surface area contributed by atoms with Crippen molar-refractivity contribution in [3.05, 3.63) is 51.6 Å². The van der Waals surface area contributed by atoms with Gasteiger partial charge in [-0.2, -0.15) is 0 Å². The Balaban J connectivity index is 2.02. The highest BCUT2D eigenvalue weighted by Gasteiger charge is 2.10. The average molecular weight is 398 g/mol. The molecule has 0 saturated carbocycles. The van der Waals surface area contributed by atoms with Crippen LogP contribution < -0.4 is 20.3 Å². The number of hydrogen-bond donors (Lipinski definition) is 2. The van der Waals surface area contributed by atoms with Crippen molar-refractivity contribution >= 4 is 28.3 Å². The van der Waals surface area contributed by atoms with Gasteiger partial charge in [0.2, 0.25) is 0 Å². The van der Waals surface area contributed by atoms with Crippen LogP contribution in [0.5, 0.6) is 11.5 Å². The molecule has 0 unspecified atom stereocenters. The van der Waals surface area contributed by atoms with E-state index in [0.717, 1.165) is 26.3 Å². The summed E-state index contributed by atoms with van der Waals surface area (Å²) < 4.78 is 12.1. The second kappa shape index (κ2) is 8.09. The molecule has 0 heterocycles. The Hall–Kier alpha value is -1.47. The van der Waals surface area contributed by atoms with E-state index in [9.17, 15) is 0 Å². The van der Waals surface area contributed by atoms with Gasteiger partial charge in [-0.3, -0.25) is 0 Å². The van der Waals surface area contributed by atoms with Crippen LogP contribution in [0.1, 0.15) is 12.5 Å². The van der Waals surface area contributed by atoms with E-state index >= 15 is 0 Å². The third-order valence-electron chi connectivity index (χ3n) is 2.88. The van der Waals surface area contributed by atoms with Gasteiger partial charge >= 0.3 is 0 Å². The summed E-state index contributed by atoms with van der Waals surface area (Å²) in [6.45, 7) is 3.28. The summed E-state index contributed by atoms with van der Waals surface area (Å²) in [5, 5.41) is 0. The molecular formula is C16H19IN2O2. The summed E-state index contributed by atoms with van der Waals surface area (Å²) in [5.41, 5.74) is 8.52. The summed E-state index contributed by atoms with van der Waals surface area (Å²) in [4.78, 5) is 0. The minimum absolute atomic E-state index is 0.625. The molecule has 0 spiro atoms. The molecule has 0 aromatic heterocycles. The number of halogens is 1. The molecule has 5 heteroatoms. The number of rotatable bonds is 7. The highest BCUT2D eigenvalue weighted by atomic mass is 127. The maximum Gasteiger partial charge on any atom is 0.174 e. The molecule has 0 aliphatic carbocycles. The molecule has 4 nitrogen and oxygen atoms in total. The van der Waals surface area contributed by atoms with E-state index in [1.807, 2.05) is 43.3 Å². The fourth-order valence-electron chi connectivity index (χ4n) is 1.93. The van der Waals surface area contributed by atoms with Crippen molar-refractivity contribution in [1.82, 2.24) is 5.43 Å². The van der Waals surface area contributed by atoms with Crippen molar-refractivity contribution in [3.63, 3.8) is 0 Å². The highest BCUT2D eigenvalue weighted by Crippen LogP contribution is 2.33. The normalized spacial score (nSPS) is 10.2. The molecule has 2 rings (SSSR count). The van der Waals surface area contributed by atoms with Crippen molar-refractivity contribution < 1.29 is 9.47 Å². The van der Waals surface area contributed by atoms with E-state index in [1.54, 1.807) is 7.11 Å². The topological polar surface area (TPSA) is 42.5 Å². The van der Waals surface area contributed by atoms with E-state index in [-0.39, 0.29) is 0 Å². The molecule has 0 saturated heterocycles. The Morgan fingerprint density at radius 1 is 1.14 bits per heavy atom. The van der Waals surface area contributed by atoms with Crippen LogP contribution in [0.25, 0.3) is 0 Å². The van der Waals surface area contributed by atoms with Crippen LogP contribution in [-0.4, -0.2) is 13.7 Å². The largest absolute Gasteiger partial charge is 0.493 e. The van der Waals surface area contributed by atoms with E-state index in [4.69, 9.17) is 9.47 Å². The molecule has 0 fully saturated rings. The van der Waals surface area contributed by atoms with Gasteiger partial charge in [0.25, 0.3) is 0 Å². The van der Waals surface area contributed by atoms with Gasteiger partial charge in [0.05, 0.1) is 17.3 Å². The van der Waals surface area contributed by atoms with Gasteiger partial charge in [-0.05, 0) is 59.3 Å². The Morgan fingerprint density at radius 2 is 1.90 bits per heavy atom. The second-order valence-corrected chi connectivity index (χ2v) is 5.55. The Kier molecular flexibility index (Phi) is 6.13. The Morgan fingerprint density at radius 3 is 2.57 bits per heavy atom. The van der Waals surface area contributed by atoms with Crippen molar-refractivity contribution in [2.24, 2.45) is 0 Å². The van der Waals surface area contributed by atoms with Crippen LogP contribution in [0.15, 0.2) is 42.5 Å². The average Bonchev–Trinajstić information content (AvgIpc) is 2.51. The standard InChI is InChI=1S/C16H19IN2O2/c1-3-21-16-14(17)9-12(10-15(16)20-2)11-18-19-13-7-5-4-6-8-13/h4-10,18-19H,3,11H2,1-2H3. The molecule has 0 atom stereocenters. The van der Waals surface area contributed by atoms with E-state index < -0.39 is 0 Å². The zero-order valence-electron chi connectivity index (χ0n) is 12.2. The van der Waals surface area contributed by atoms with Gasteiger partial charge in [0, 0.05) is 12.2 Å². The van der Waals surface area contributed by atoms with Gasteiger partial charge in [-0.1, -0.05) is 18.2 Å². The number of para-hydroxylation sites is 1. The van der Waals surface area contributed by atoms with Gasteiger partial charge in [0.15, 0.2) is 11.5 Å². The number of ether oxygens (including phenoxy) is 2. The van der Waals surface area contributed by atoms with Crippen molar-refractivity contribution in [3.8, 4) is 11.5 Å². The molecule has 0 amide bonds. The summed E-state index contributed by atoms with van der Waals surface area (Å²) in [6, 6.07) is 14.1. The van der Waals surface area contributed by atoms with Crippen molar-refractivity contribution in [2.45, 2.75) is 13.5 Å². The van der Waals surface area contributed by atoms with Gasteiger partial charge < -0.3 is 14.9 Å². The molecular weight excluding hydrogens is 379 g/mol. The predicted molar refractivity (Wildman–Crippen MR) is 93.8 cm³/mol. The number of benzene rings is 2. The van der Waals surface area contributed by atoms with Gasteiger partial charge in [-0.15, -0.1) is 0 Å². The van der Waals surface area contributed by atoms with Crippen LogP contribution in [-0.2, 0) is 6.54 Å². The van der Waals surface area contributed by atoms with Crippen LogP contribution in [0.3, 0.4) is 0 Å². The fraction of sp³-hybridized carbons (Fsp3) is 0.250. The lowest BCUT2D eigenvalue weighted by Gasteiger charge is -2.14. The molecule has 21 heavy (non-hydrogen) atoms. The molecule has 2 aromatic carbocycles. The Labute approximate surface area is 139 Å². The predicted octanol–water partition coefficient (Wildman–Crippen LogP) is 3.82. The zero-order chi connectivity index (χ0) is 15.1. The summed E-state index contributed by atoms with van der Waals surface area (Å²) in [5.74, 6) is 1.57. The number of nitrogens with one attached hydrogen (secondary N) is 2. The lowest BCUT2D eigenvalue weighted by Crippen LogP contribution is -2.20. The zero-order valence-corrected chi connectivity index (χ0v) is 14.3. The van der Waals surface area contributed by atoms with E-state index in [1.165, 1.54) is 0 Å². The second-order valence-electron chi connectivity index (χ2n) is 4.39. The maximum atomic E-state index is 5.62. The van der Waals surface area contributed by atoms with Crippen LogP contribution in [0, 0.1) is 3.57 Å². The smallest absolute Gasteiger partial charge is 0.174 e. The minimum atomic E-state index is 0.625. The first kappa shape index (κ1) is 15.9. The van der Waals surface area contributed by atoms with E-state index in [2.05, 4.69) is 39.5 Å². The van der Waals surface area contributed by atoms with E-state index in [0.29, 0.717) is 13.2 Å². The summed E-state index contributed by atoms with van der Waals surface area (Å²) in [7, 11) is 1.66. The van der Waals surface area contributed by atoms with Crippen LogP contribution >= 0.6 is 22.6 Å². The lowest BCUT2D eigenvalue weighted by molar-refractivity contribution is 0.308. The maximum absolute atomic E-state index is 5.62. The third kappa shape index (κ3) is 4.50. The monoisotopic (exact) mass is 398 g/mol. The fourth-order valence-corrected chi connectivity index (χ4v) is 2.75. The van der Waals surface area contributed by atoms with Crippen LogP contribution in [0.2, 0.25) is 0 Å².